The van der Waals surface area contributed by atoms with Crippen LogP contribution in [0.4, 0.5) is 0 Å². The van der Waals surface area contributed by atoms with E-state index in [1.54, 1.807) is 19.1 Å². The molecule has 144 valence electrons. The smallest absolute Gasteiger partial charge is 0.329 e. The first-order valence-electron chi connectivity index (χ1n) is 9.08. The van der Waals surface area contributed by atoms with Gasteiger partial charge in [0, 0.05) is 0 Å². The Morgan fingerprint density at radius 3 is 2.19 bits per heavy atom. The largest absolute Gasteiger partial charge is 0.480 e. The molecular formula is C19H27NO5S. The van der Waals surface area contributed by atoms with Gasteiger partial charge in [-0.3, -0.25) is 4.79 Å². The van der Waals surface area contributed by atoms with Crippen LogP contribution in [0.1, 0.15) is 51.5 Å². The second-order valence-electron chi connectivity index (χ2n) is 7.01. The van der Waals surface area contributed by atoms with E-state index in [0.717, 1.165) is 19.3 Å². The molecule has 1 aromatic rings. The van der Waals surface area contributed by atoms with Crippen LogP contribution in [0.3, 0.4) is 0 Å². The van der Waals surface area contributed by atoms with Crippen molar-refractivity contribution in [3.05, 3.63) is 29.8 Å². The maximum atomic E-state index is 12.4. The number of carboxylic acids is 1. The van der Waals surface area contributed by atoms with Gasteiger partial charge < -0.3 is 10.4 Å². The van der Waals surface area contributed by atoms with Gasteiger partial charge in [0.1, 0.15) is 5.54 Å². The summed E-state index contributed by atoms with van der Waals surface area (Å²) in [7, 11) is -3.27. The Kier molecular flexibility index (Phi) is 6.44. The van der Waals surface area contributed by atoms with Crippen molar-refractivity contribution in [2.24, 2.45) is 5.92 Å². The van der Waals surface area contributed by atoms with Crippen LogP contribution < -0.4 is 5.32 Å². The standard InChI is InChI=1S/C19H27NO5S/c1-3-14-9-11-19(12-10-14,18(22)23)20-17(21)13-15-5-7-16(8-6-15)26(24,25)4-2/h5-8,14H,3-4,9-13H2,1-2H3,(H,20,21)(H,22,23). The quantitative estimate of drug-likeness (QED) is 0.756. The molecule has 1 aliphatic carbocycles. The van der Waals surface area contributed by atoms with Gasteiger partial charge >= 0.3 is 5.97 Å². The summed E-state index contributed by atoms with van der Waals surface area (Å²) in [6.07, 6.45) is 3.54. The summed E-state index contributed by atoms with van der Waals surface area (Å²) >= 11 is 0. The van der Waals surface area contributed by atoms with Crippen molar-refractivity contribution in [3.8, 4) is 0 Å². The zero-order valence-electron chi connectivity index (χ0n) is 15.3. The van der Waals surface area contributed by atoms with Crippen molar-refractivity contribution in [2.75, 3.05) is 5.75 Å². The van der Waals surface area contributed by atoms with Crippen LogP contribution in [0.25, 0.3) is 0 Å². The zero-order valence-corrected chi connectivity index (χ0v) is 16.1. The summed E-state index contributed by atoms with van der Waals surface area (Å²) in [5.41, 5.74) is -0.533. The molecule has 0 atom stereocenters. The second kappa shape index (κ2) is 8.20. The summed E-state index contributed by atoms with van der Waals surface area (Å²) in [5, 5.41) is 12.4. The Morgan fingerprint density at radius 2 is 1.73 bits per heavy atom. The number of amides is 1. The number of hydrogen-bond donors (Lipinski definition) is 2. The summed E-state index contributed by atoms with van der Waals surface area (Å²) in [5.74, 6) is -0.794. The van der Waals surface area contributed by atoms with Gasteiger partial charge in [0.25, 0.3) is 0 Å². The predicted octanol–water partition coefficient (Wildman–Crippen LogP) is 2.56. The molecular weight excluding hydrogens is 354 g/mol. The van der Waals surface area contributed by atoms with Crippen LogP contribution in [0.15, 0.2) is 29.2 Å². The van der Waals surface area contributed by atoms with Gasteiger partial charge in [-0.25, -0.2) is 13.2 Å². The normalized spacial score (nSPS) is 23.4. The van der Waals surface area contributed by atoms with Gasteiger partial charge in [0.2, 0.25) is 5.91 Å². The van der Waals surface area contributed by atoms with Crippen molar-refractivity contribution in [3.63, 3.8) is 0 Å². The molecule has 0 heterocycles. The number of nitrogens with one attached hydrogen (secondary N) is 1. The van der Waals surface area contributed by atoms with E-state index in [4.69, 9.17) is 0 Å². The number of carboxylic acid groups (broad SMARTS) is 1. The molecule has 1 aromatic carbocycles. The molecule has 2 N–H and O–H groups in total. The van der Waals surface area contributed by atoms with Crippen LogP contribution >= 0.6 is 0 Å². The lowest BCUT2D eigenvalue weighted by Crippen LogP contribution is -2.56. The lowest BCUT2D eigenvalue weighted by atomic mass is 9.75. The van der Waals surface area contributed by atoms with Crippen molar-refractivity contribution in [2.45, 2.75) is 62.8 Å². The zero-order chi connectivity index (χ0) is 19.4. The lowest BCUT2D eigenvalue weighted by Gasteiger charge is -2.37. The molecule has 0 aromatic heterocycles. The van der Waals surface area contributed by atoms with Crippen molar-refractivity contribution in [1.29, 1.82) is 0 Å². The molecule has 7 heteroatoms. The van der Waals surface area contributed by atoms with E-state index in [-0.39, 0.29) is 23.0 Å². The minimum Gasteiger partial charge on any atom is -0.480 e. The Bertz CT molecular complexity index is 747. The second-order valence-corrected chi connectivity index (χ2v) is 9.29. The van der Waals surface area contributed by atoms with Crippen LogP contribution in [0, 0.1) is 5.92 Å². The minimum absolute atomic E-state index is 0.0206. The Labute approximate surface area is 154 Å². The third-order valence-electron chi connectivity index (χ3n) is 5.35. The highest BCUT2D eigenvalue weighted by Crippen LogP contribution is 2.34. The fourth-order valence-corrected chi connectivity index (χ4v) is 4.33. The Hall–Kier alpha value is -1.89. The van der Waals surface area contributed by atoms with Crippen LogP contribution in [-0.4, -0.2) is 36.7 Å². The molecule has 0 spiro atoms. The fourth-order valence-electron chi connectivity index (χ4n) is 3.45. The first kappa shape index (κ1) is 20.4. The van der Waals surface area contributed by atoms with E-state index in [1.807, 2.05) is 0 Å². The van der Waals surface area contributed by atoms with E-state index in [2.05, 4.69) is 12.2 Å². The first-order chi connectivity index (χ1) is 12.2. The molecule has 0 saturated heterocycles. The van der Waals surface area contributed by atoms with Gasteiger partial charge in [-0.15, -0.1) is 0 Å². The number of aliphatic carboxylic acids is 1. The maximum absolute atomic E-state index is 12.4. The number of carbonyl (C=O) groups is 2. The molecule has 1 fully saturated rings. The molecule has 0 radical (unpaired) electrons. The van der Waals surface area contributed by atoms with Gasteiger partial charge in [-0.1, -0.05) is 32.4 Å². The molecule has 0 bridgehead atoms. The molecule has 26 heavy (non-hydrogen) atoms. The van der Waals surface area contributed by atoms with Crippen molar-refractivity contribution < 1.29 is 23.1 Å². The summed E-state index contributed by atoms with van der Waals surface area (Å²) in [4.78, 5) is 24.4. The highest BCUT2D eigenvalue weighted by Gasteiger charge is 2.42. The molecule has 0 aliphatic heterocycles. The molecule has 1 aliphatic rings. The topological polar surface area (TPSA) is 101 Å². The number of rotatable bonds is 7. The van der Waals surface area contributed by atoms with Crippen molar-refractivity contribution in [1.82, 2.24) is 5.32 Å². The van der Waals surface area contributed by atoms with Gasteiger partial charge in [-0.05, 0) is 49.3 Å². The molecule has 1 amide bonds. The number of benzene rings is 1. The minimum atomic E-state index is -3.27. The number of hydrogen-bond acceptors (Lipinski definition) is 4. The highest BCUT2D eigenvalue weighted by atomic mass is 32.2. The van der Waals surface area contributed by atoms with Crippen LogP contribution in [0.5, 0.6) is 0 Å². The SMILES string of the molecule is CCC1CCC(NC(=O)Cc2ccc(S(=O)(=O)CC)cc2)(C(=O)O)CC1. The highest BCUT2D eigenvalue weighted by molar-refractivity contribution is 7.91. The van der Waals surface area contributed by atoms with Gasteiger partial charge in [0.15, 0.2) is 9.84 Å². The first-order valence-corrected chi connectivity index (χ1v) is 10.7. The fraction of sp³-hybridized carbons (Fsp3) is 0.579. The van der Waals surface area contributed by atoms with Gasteiger partial charge in [-0.2, -0.15) is 0 Å². The Balaban J connectivity index is 2.04. The van der Waals surface area contributed by atoms with Gasteiger partial charge in [0.05, 0.1) is 17.1 Å². The average molecular weight is 381 g/mol. The van der Waals surface area contributed by atoms with Crippen molar-refractivity contribution >= 4 is 21.7 Å². The lowest BCUT2D eigenvalue weighted by molar-refractivity contribution is -0.149. The molecule has 6 nitrogen and oxygen atoms in total. The monoisotopic (exact) mass is 381 g/mol. The van der Waals surface area contributed by atoms with Crippen LogP contribution in [-0.2, 0) is 25.8 Å². The third-order valence-corrected chi connectivity index (χ3v) is 7.10. The average Bonchev–Trinajstić information content (AvgIpc) is 2.62. The summed E-state index contributed by atoms with van der Waals surface area (Å²) in [6.45, 7) is 3.68. The molecule has 0 unspecified atom stereocenters. The van der Waals surface area contributed by atoms with Crippen LogP contribution in [0.2, 0.25) is 0 Å². The van der Waals surface area contributed by atoms with E-state index in [0.29, 0.717) is 24.3 Å². The predicted molar refractivity (Wildman–Crippen MR) is 98.6 cm³/mol. The summed E-state index contributed by atoms with van der Waals surface area (Å²) < 4.78 is 23.6. The van der Waals surface area contributed by atoms with E-state index in [9.17, 15) is 23.1 Å². The summed E-state index contributed by atoms with van der Waals surface area (Å²) in [6, 6.07) is 6.18. The van der Waals surface area contributed by atoms with E-state index in [1.165, 1.54) is 12.1 Å². The van der Waals surface area contributed by atoms with E-state index >= 15 is 0 Å². The maximum Gasteiger partial charge on any atom is 0.329 e. The molecule has 1 saturated carbocycles. The number of carbonyl (C=O) groups excluding carboxylic acids is 1. The number of sulfone groups is 1. The Morgan fingerprint density at radius 1 is 1.15 bits per heavy atom. The third kappa shape index (κ3) is 4.63. The van der Waals surface area contributed by atoms with E-state index < -0.39 is 21.3 Å². The molecule has 2 rings (SSSR count).